The Morgan fingerprint density at radius 2 is 2.60 bits per heavy atom. The lowest BCUT2D eigenvalue weighted by Gasteiger charge is -2.16. The van der Waals surface area contributed by atoms with Gasteiger partial charge in [-0.15, -0.1) is 0 Å². The largest absolute Gasteiger partial charge is 0.325 e. The second-order valence-electron chi connectivity index (χ2n) is 2.68. The van der Waals surface area contributed by atoms with Crippen LogP contribution in [0.1, 0.15) is 12.8 Å². The topological polar surface area (TPSA) is 21.7 Å². The van der Waals surface area contributed by atoms with Crippen LogP contribution in [0.25, 0.3) is 0 Å². The highest BCUT2D eigenvalue weighted by Gasteiger charge is 2.38. The summed E-state index contributed by atoms with van der Waals surface area (Å²) in [5, 5.41) is 0. The van der Waals surface area contributed by atoms with Crippen molar-refractivity contribution in [3.05, 3.63) is 0 Å². The summed E-state index contributed by atoms with van der Waals surface area (Å²) in [6.45, 7) is 2.06. The van der Waals surface area contributed by atoms with Gasteiger partial charge in [0.25, 0.3) is 8.53 Å². The number of fused-ring (bicyclic) bond motifs is 1. The maximum Gasteiger partial charge on any atom is 0.258 e. The molecule has 2 heterocycles. The Morgan fingerprint density at radius 3 is 3.40 bits per heavy atom. The Morgan fingerprint density at radius 1 is 1.70 bits per heavy atom. The van der Waals surface area contributed by atoms with Crippen LogP contribution >= 0.6 is 8.53 Å². The molecule has 0 aromatic heterocycles. The first-order valence-corrected chi connectivity index (χ1v) is 4.78. The van der Waals surface area contributed by atoms with Crippen LogP contribution in [0.5, 0.6) is 0 Å². The van der Waals surface area contributed by atoms with Gasteiger partial charge in [-0.3, -0.25) is 0 Å². The fourth-order valence-electron chi connectivity index (χ4n) is 1.59. The number of hydrogen-bond donors (Lipinski definition) is 0. The van der Waals surface area contributed by atoms with Crippen molar-refractivity contribution < 1.29 is 9.05 Å². The molecule has 0 aliphatic carbocycles. The molecule has 0 spiro atoms. The van der Waals surface area contributed by atoms with Crippen LogP contribution in [0.4, 0.5) is 0 Å². The summed E-state index contributed by atoms with van der Waals surface area (Å²) >= 11 is 0. The van der Waals surface area contributed by atoms with Gasteiger partial charge in [0, 0.05) is 19.7 Å². The lowest BCUT2D eigenvalue weighted by atomic mass is 10.2. The van der Waals surface area contributed by atoms with Crippen molar-refractivity contribution in [1.82, 2.24) is 4.67 Å². The van der Waals surface area contributed by atoms with E-state index in [4.69, 9.17) is 9.05 Å². The van der Waals surface area contributed by atoms with E-state index in [2.05, 4.69) is 4.67 Å². The van der Waals surface area contributed by atoms with Crippen molar-refractivity contribution in [2.24, 2.45) is 0 Å². The van der Waals surface area contributed by atoms with Gasteiger partial charge in [-0.05, 0) is 12.8 Å². The summed E-state index contributed by atoms with van der Waals surface area (Å²) in [4.78, 5) is 0. The van der Waals surface area contributed by atoms with E-state index in [0.717, 1.165) is 6.61 Å². The molecule has 2 atom stereocenters. The molecular weight excluding hydrogens is 149 g/mol. The van der Waals surface area contributed by atoms with Crippen LogP contribution in [0.2, 0.25) is 0 Å². The predicted octanol–water partition coefficient (Wildman–Crippen LogP) is 1.35. The van der Waals surface area contributed by atoms with E-state index >= 15 is 0 Å². The van der Waals surface area contributed by atoms with Gasteiger partial charge in [0.05, 0.1) is 6.61 Å². The SMILES string of the molecule is COP1OCC2CCCN21. The highest BCUT2D eigenvalue weighted by Crippen LogP contribution is 2.51. The molecule has 58 valence electrons. The van der Waals surface area contributed by atoms with E-state index in [0.29, 0.717) is 6.04 Å². The summed E-state index contributed by atoms with van der Waals surface area (Å²) in [5.41, 5.74) is 0. The molecule has 2 aliphatic rings. The van der Waals surface area contributed by atoms with Gasteiger partial charge in [-0.25, -0.2) is 4.67 Å². The molecule has 10 heavy (non-hydrogen) atoms. The minimum absolute atomic E-state index is 0.650. The highest BCUT2D eigenvalue weighted by atomic mass is 31.2. The van der Waals surface area contributed by atoms with Crippen LogP contribution in [-0.4, -0.2) is 31.0 Å². The molecule has 2 fully saturated rings. The summed E-state index contributed by atoms with van der Waals surface area (Å²) in [6, 6.07) is 0.672. The van der Waals surface area contributed by atoms with E-state index in [1.54, 1.807) is 7.11 Å². The van der Waals surface area contributed by atoms with Gasteiger partial charge in [0.15, 0.2) is 0 Å². The van der Waals surface area contributed by atoms with Gasteiger partial charge in [-0.1, -0.05) is 0 Å². The Bertz CT molecular complexity index is 133. The molecule has 2 unspecified atom stereocenters. The highest BCUT2D eigenvalue weighted by molar-refractivity contribution is 7.44. The zero-order valence-corrected chi connectivity index (χ0v) is 7.01. The van der Waals surface area contributed by atoms with Crippen molar-refractivity contribution in [3.63, 3.8) is 0 Å². The first-order valence-electron chi connectivity index (χ1n) is 3.65. The Labute approximate surface area is 62.3 Å². The van der Waals surface area contributed by atoms with E-state index < -0.39 is 8.53 Å². The summed E-state index contributed by atoms with van der Waals surface area (Å²) in [6.07, 6.45) is 2.61. The van der Waals surface area contributed by atoms with Gasteiger partial charge in [-0.2, -0.15) is 0 Å². The molecule has 2 aliphatic heterocycles. The van der Waals surface area contributed by atoms with Crippen LogP contribution in [-0.2, 0) is 9.05 Å². The molecule has 3 nitrogen and oxygen atoms in total. The second kappa shape index (κ2) is 2.74. The third-order valence-electron chi connectivity index (χ3n) is 2.09. The summed E-state index contributed by atoms with van der Waals surface area (Å²) < 4.78 is 13.0. The minimum atomic E-state index is -0.650. The summed E-state index contributed by atoms with van der Waals surface area (Å²) in [7, 11) is 1.08. The average Bonchev–Trinajstić information content (AvgIpc) is 2.44. The summed E-state index contributed by atoms with van der Waals surface area (Å²) in [5.74, 6) is 0. The van der Waals surface area contributed by atoms with Gasteiger partial charge < -0.3 is 9.05 Å². The fourth-order valence-corrected chi connectivity index (χ4v) is 3.10. The van der Waals surface area contributed by atoms with E-state index in [-0.39, 0.29) is 0 Å². The van der Waals surface area contributed by atoms with Crippen molar-refractivity contribution in [1.29, 1.82) is 0 Å². The van der Waals surface area contributed by atoms with Crippen molar-refractivity contribution in [2.75, 3.05) is 20.3 Å². The predicted molar refractivity (Wildman–Crippen MR) is 39.6 cm³/mol. The van der Waals surface area contributed by atoms with Crippen molar-refractivity contribution >= 4 is 8.53 Å². The molecule has 0 amide bonds. The molecule has 2 rings (SSSR count). The Kier molecular flexibility index (Phi) is 1.92. The lowest BCUT2D eigenvalue weighted by molar-refractivity contribution is 0.305. The second-order valence-corrected chi connectivity index (χ2v) is 4.29. The van der Waals surface area contributed by atoms with Crippen molar-refractivity contribution in [2.45, 2.75) is 18.9 Å². The molecule has 0 N–H and O–H groups in total. The average molecular weight is 161 g/mol. The first kappa shape index (κ1) is 6.99. The molecule has 2 saturated heterocycles. The normalized spacial score (nSPS) is 40.5. The zero-order chi connectivity index (χ0) is 6.97. The molecule has 4 heteroatoms. The van der Waals surface area contributed by atoms with Crippen LogP contribution in [0, 0.1) is 0 Å². The quantitative estimate of drug-likeness (QED) is 0.542. The molecule has 0 radical (unpaired) electrons. The number of nitrogens with zero attached hydrogens (tertiary/aromatic N) is 1. The van der Waals surface area contributed by atoms with E-state index in [1.165, 1.54) is 19.4 Å². The Balaban J connectivity index is 2.01. The molecule has 0 aromatic carbocycles. The monoisotopic (exact) mass is 161 g/mol. The molecule has 0 saturated carbocycles. The van der Waals surface area contributed by atoms with Gasteiger partial charge in [0.2, 0.25) is 0 Å². The molecule has 0 aromatic rings. The number of hydrogen-bond acceptors (Lipinski definition) is 3. The third-order valence-corrected chi connectivity index (χ3v) is 3.72. The zero-order valence-electron chi connectivity index (χ0n) is 6.12. The van der Waals surface area contributed by atoms with E-state index in [9.17, 15) is 0 Å². The van der Waals surface area contributed by atoms with Crippen molar-refractivity contribution in [3.8, 4) is 0 Å². The lowest BCUT2D eigenvalue weighted by Crippen LogP contribution is -2.19. The van der Waals surface area contributed by atoms with Gasteiger partial charge >= 0.3 is 0 Å². The van der Waals surface area contributed by atoms with Crippen LogP contribution in [0.15, 0.2) is 0 Å². The smallest absolute Gasteiger partial charge is 0.258 e. The van der Waals surface area contributed by atoms with Crippen LogP contribution < -0.4 is 0 Å². The standard InChI is InChI=1S/C6H12NO2P/c1-8-10-7-4-2-3-6(7)5-9-10/h6H,2-5H2,1H3. The van der Waals surface area contributed by atoms with Crippen LogP contribution in [0.3, 0.4) is 0 Å². The Hall–Kier alpha value is 0.310. The number of rotatable bonds is 1. The molecule has 0 bridgehead atoms. The molecular formula is C6H12NO2P. The maximum atomic E-state index is 5.44. The third kappa shape index (κ3) is 0.978. The minimum Gasteiger partial charge on any atom is -0.325 e. The van der Waals surface area contributed by atoms with Gasteiger partial charge in [0.1, 0.15) is 0 Å². The first-order chi connectivity index (χ1) is 4.92. The fraction of sp³-hybridized carbons (Fsp3) is 1.00. The van der Waals surface area contributed by atoms with E-state index in [1.807, 2.05) is 0 Å². The maximum absolute atomic E-state index is 5.44.